The molecule has 0 atom stereocenters. The normalized spacial score (nSPS) is 11.9. The molecule has 0 aromatic carbocycles. The summed E-state index contributed by atoms with van der Waals surface area (Å²) in [6.45, 7) is 5.15. The summed E-state index contributed by atoms with van der Waals surface area (Å²) in [5, 5.41) is 4.30. The van der Waals surface area contributed by atoms with Gasteiger partial charge in [-0.2, -0.15) is 11.3 Å². The van der Waals surface area contributed by atoms with Crippen molar-refractivity contribution in [1.82, 2.24) is 0 Å². The van der Waals surface area contributed by atoms with Crippen LogP contribution >= 0.6 is 11.3 Å². The minimum Gasteiger partial charge on any atom is -0.330 e. The van der Waals surface area contributed by atoms with Crippen LogP contribution in [0.15, 0.2) is 16.8 Å². The van der Waals surface area contributed by atoms with Crippen LogP contribution in [0.4, 0.5) is 0 Å². The smallest absolute Gasteiger partial charge is 0.00226 e. The molecule has 1 heterocycles. The van der Waals surface area contributed by atoms with Crippen molar-refractivity contribution in [2.45, 2.75) is 20.3 Å². The van der Waals surface area contributed by atoms with Crippen molar-refractivity contribution in [3.8, 4) is 0 Å². The molecule has 2 heteroatoms. The zero-order valence-corrected chi connectivity index (χ0v) is 7.95. The first-order valence-corrected chi connectivity index (χ1v) is 4.79. The van der Waals surface area contributed by atoms with Crippen LogP contribution in [0.25, 0.3) is 0 Å². The van der Waals surface area contributed by atoms with Crippen molar-refractivity contribution in [1.29, 1.82) is 0 Å². The topological polar surface area (TPSA) is 26.0 Å². The molecular formula is C9H15NS. The van der Waals surface area contributed by atoms with E-state index in [-0.39, 0.29) is 5.41 Å². The van der Waals surface area contributed by atoms with Crippen LogP contribution in [0.2, 0.25) is 0 Å². The Balaban J connectivity index is 2.56. The Bertz CT molecular complexity index is 201. The van der Waals surface area contributed by atoms with Crippen molar-refractivity contribution < 1.29 is 0 Å². The molecule has 0 bridgehead atoms. The molecule has 0 aliphatic heterocycles. The number of hydrogen-bond donors (Lipinski definition) is 1. The van der Waals surface area contributed by atoms with E-state index in [4.69, 9.17) is 5.73 Å². The summed E-state index contributed by atoms with van der Waals surface area (Å²) in [7, 11) is 0. The standard InChI is InChI=1S/C9H15NS/c1-9(2,7-10)5-8-3-4-11-6-8/h3-4,6H,5,7,10H2,1-2H3. The van der Waals surface area contributed by atoms with Crippen molar-refractivity contribution in [3.63, 3.8) is 0 Å². The fraction of sp³-hybridized carbons (Fsp3) is 0.556. The third kappa shape index (κ3) is 2.64. The molecule has 0 saturated carbocycles. The second-order valence-electron chi connectivity index (χ2n) is 3.68. The third-order valence-electron chi connectivity index (χ3n) is 1.82. The van der Waals surface area contributed by atoms with Crippen LogP contribution in [-0.2, 0) is 6.42 Å². The summed E-state index contributed by atoms with van der Waals surface area (Å²) >= 11 is 1.75. The van der Waals surface area contributed by atoms with E-state index in [0.29, 0.717) is 0 Å². The molecule has 0 unspecified atom stereocenters. The first-order chi connectivity index (χ1) is 5.14. The Morgan fingerprint density at radius 1 is 1.55 bits per heavy atom. The van der Waals surface area contributed by atoms with E-state index in [1.165, 1.54) is 5.56 Å². The van der Waals surface area contributed by atoms with E-state index in [1.54, 1.807) is 11.3 Å². The highest BCUT2D eigenvalue weighted by atomic mass is 32.1. The Hall–Kier alpha value is -0.340. The van der Waals surface area contributed by atoms with Crippen LogP contribution in [0.5, 0.6) is 0 Å². The minimum atomic E-state index is 0.251. The summed E-state index contributed by atoms with van der Waals surface area (Å²) in [5.41, 5.74) is 7.29. The van der Waals surface area contributed by atoms with Crippen LogP contribution in [-0.4, -0.2) is 6.54 Å². The minimum absolute atomic E-state index is 0.251. The quantitative estimate of drug-likeness (QED) is 0.738. The zero-order chi connectivity index (χ0) is 8.32. The molecule has 0 spiro atoms. The lowest BCUT2D eigenvalue weighted by Crippen LogP contribution is -2.25. The van der Waals surface area contributed by atoms with Gasteiger partial charge in [0.15, 0.2) is 0 Å². The molecule has 11 heavy (non-hydrogen) atoms. The summed E-state index contributed by atoms with van der Waals surface area (Å²) in [6.07, 6.45) is 1.09. The van der Waals surface area contributed by atoms with Crippen LogP contribution in [0, 0.1) is 5.41 Å². The van der Waals surface area contributed by atoms with Crippen molar-refractivity contribution in [2.75, 3.05) is 6.54 Å². The Kier molecular flexibility index (Phi) is 2.68. The number of hydrogen-bond acceptors (Lipinski definition) is 2. The van der Waals surface area contributed by atoms with E-state index in [0.717, 1.165) is 13.0 Å². The summed E-state index contributed by atoms with van der Waals surface area (Å²) < 4.78 is 0. The van der Waals surface area contributed by atoms with Gasteiger partial charge in [-0.3, -0.25) is 0 Å². The Morgan fingerprint density at radius 2 is 2.27 bits per heavy atom. The third-order valence-corrected chi connectivity index (χ3v) is 2.55. The molecule has 1 aromatic rings. The molecule has 0 amide bonds. The van der Waals surface area contributed by atoms with Crippen molar-refractivity contribution in [3.05, 3.63) is 22.4 Å². The fourth-order valence-electron chi connectivity index (χ4n) is 1.02. The predicted octanol–water partition coefficient (Wildman–Crippen LogP) is 2.28. The van der Waals surface area contributed by atoms with E-state index in [9.17, 15) is 0 Å². The highest BCUT2D eigenvalue weighted by Crippen LogP contribution is 2.21. The molecule has 0 aliphatic carbocycles. The molecule has 1 nitrogen and oxygen atoms in total. The first kappa shape index (κ1) is 8.75. The van der Waals surface area contributed by atoms with Gasteiger partial charge in [-0.25, -0.2) is 0 Å². The van der Waals surface area contributed by atoms with Gasteiger partial charge >= 0.3 is 0 Å². The van der Waals surface area contributed by atoms with E-state index in [2.05, 4.69) is 30.7 Å². The highest BCUT2D eigenvalue weighted by molar-refractivity contribution is 7.07. The van der Waals surface area contributed by atoms with Gasteiger partial charge < -0.3 is 5.73 Å². The van der Waals surface area contributed by atoms with Crippen LogP contribution in [0.3, 0.4) is 0 Å². The van der Waals surface area contributed by atoms with Gasteiger partial charge in [-0.05, 0) is 40.8 Å². The number of rotatable bonds is 3. The molecule has 0 saturated heterocycles. The van der Waals surface area contributed by atoms with E-state index < -0.39 is 0 Å². The fourth-order valence-corrected chi connectivity index (χ4v) is 1.69. The zero-order valence-electron chi connectivity index (χ0n) is 7.13. The molecule has 62 valence electrons. The largest absolute Gasteiger partial charge is 0.330 e. The number of nitrogens with two attached hydrogens (primary N) is 1. The van der Waals surface area contributed by atoms with Crippen molar-refractivity contribution >= 4 is 11.3 Å². The SMILES string of the molecule is CC(C)(CN)Cc1ccsc1. The lowest BCUT2D eigenvalue weighted by molar-refractivity contribution is 0.377. The average Bonchev–Trinajstić information content (AvgIpc) is 2.39. The molecular weight excluding hydrogens is 154 g/mol. The van der Waals surface area contributed by atoms with Gasteiger partial charge in [0.25, 0.3) is 0 Å². The molecule has 0 aliphatic rings. The van der Waals surface area contributed by atoms with E-state index >= 15 is 0 Å². The first-order valence-electron chi connectivity index (χ1n) is 3.85. The van der Waals surface area contributed by atoms with Gasteiger partial charge in [0.2, 0.25) is 0 Å². The van der Waals surface area contributed by atoms with Crippen LogP contribution < -0.4 is 5.73 Å². The molecule has 1 rings (SSSR count). The van der Waals surface area contributed by atoms with Gasteiger partial charge in [0, 0.05) is 0 Å². The monoisotopic (exact) mass is 169 g/mol. The lowest BCUT2D eigenvalue weighted by atomic mass is 9.87. The Labute approximate surface area is 72.2 Å². The van der Waals surface area contributed by atoms with Crippen molar-refractivity contribution in [2.24, 2.45) is 11.1 Å². The van der Waals surface area contributed by atoms with Crippen LogP contribution in [0.1, 0.15) is 19.4 Å². The number of thiophene rings is 1. The average molecular weight is 169 g/mol. The highest BCUT2D eigenvalue weighted by Gasteiger charge is 2.15. The van der Waals surface area contributed by atoms with Gasteiger partial charge in [-0.1, -0.05) is 13.8 Å². The molecule has 0 radical (unpaired) electrons. The molecule has 1 aromatic heterocycles. The second kappa shape index (κ2) is 3.37. The lowest BCUT2D eigenvalue weighted by Gasteiger charge is -2.21. The van der Waals surface area contributed by atoms with E-state index in [1.807, 2.05) is 0 Å². The molecule has 2 N–H and O–H groups in total. The second-order valence-corrected chi connectivity index (χ2v) is 4.46. The summed E-state index contributed by atoms with van der Waals surface area (Å²) in [6, 6.07) is 2.17. The maximum atomic E-state index is 5.63. The maximum Gasteiger partial charge on any atom is -0.00226 e. The predicted molar refractivity (Wildman–Crippen MR) is 50.9 cm³/mol. The summed E-state index contributed by atoms with van der Waals surface area (Å²) in [4.78, 5) is 0. The van der Waals surface area contributed by atoms with Gasteiger partial charge in [-0.15, -0.1) is 0 Å². The van der Waals surface area contributed by atoms with Gasteiger partial charge in [0.1, 0.15) is 0 Å². The summed E-state index contributed by atoms with van der Waals surface area (Å²) in [5.74, 6) is 0. The Morgan fingerprint density at radius 3 is 2.73 bits per heavy atom. The molecule has 0 fully saturated rings. The maximum absolute atomic E-state index is 5.63. The van der Waals surface area contributed by atoms with Gasteiger partial charge in [0.05, 0.1) is 0 Å².